The minimum absolute atomic E-state index is 0.310. The van der Waals surface area contributed by atoms with Crippen LogP contribution in [0.5, 0.6) is 0 Å². The van der Waals surface area contributed by atoms with Gasteiger partial charge in [-0.2, -0.15) is 0 Å². The third-order valence-electron chi connectivity index (χ3n) is 6.50. The van der Waals surface area contributed by atoms with Crippen molar-refractivity contribution in [1.29, 1.82) is 0 Å². The van der Waals surface area contributed by atoms with E-state index < -0.39 is 0 Å². The van der Waals surface area contributed by atoms with Gasteiger partial charge in [-0.05, 0) is 42.2 Å². The molecule has 0 radical (unpaired) electrons. The summed E-state index contributed by atoms with van der Waals surface area (Å²) >= 11 is 0. The molecule has 2 heteroatoms. The van der Waals surface area contributed by atoms with Crippen molar-refractivity contribution in [3.8, 4) is 0 Å². The molecule has 0 N–H and O–H groups in total. The molecule has 2 nitrogen and oxygen atoms in total. The van der Waals surface area contributed by atoms with Crippen molar-refractivity contribution in [1.82, 2.24) is 4.48 Å². The summed E-state index contributed by atoms with van der Waals surface area (Å²) in [6, 6.07) is 29.2. The number of hydrogen-bond donors (Lipinski definition) is 0. The number of fused-ring (bicyclic) bond motifs is 1. The molecule has 4 rings (SSSR count). The number of benzene rings is 3. The first-order chi connectivity index (χ1) is 14.5. The van der Waals surface area contributed by atoms with Crippen LogP contribution in [0.3, 0.4) is 0 Å². The third kappa shape index (κ3) is 3.15. The van der Waals surface area contributed by atoms with Crippen molar-refractivity contribution in [3.05, 3.63) is 84.4 Å². The molecule has 0 amide bonds. The molecule has 1 aliphatic heterocycles. The average Bonchev–Trinajstić information content (AvgIpc) is 3.06. The van der Waals surface area contributed by atoms with Crippen molar-refractivity contribution in [2.45, 2.75) is 53.1 Å². The van der Waals surface area contributed by atoms with Gasteiger partial charge < -0.3 is 0 Å². The first-order valence-corrected chi connectivity index (χ1v) is 11.4. The van der Waals surface area contributed by atoms with Crippen LogP contribution in [0.2, 0.25) is 0 Å². The Hall–Kier alpha value is -2.58. The zero-order valence-corrected chi connectivity index (χ0v) is 19.0. The van der Waals surface area contributed by atoms with Gasteiger partial charge in [0.15, 0.2) is 11.9 Å². The highest BCUT2D eigenvalue weighted by Crippen LogP contribution is 2.55. The standard InChI is InChI=1S/C28H35N2/c1-6-20-30(23-14-8-7-9-15-23)27-19-13-12-18-26(27)29(28(30)22(4)5)25-17-11-10-16-24(25)21(2)3/h7-19,21-22,28H,6,20H2,1-5H3/q+1. The van der Waals surface area contributed by atoms with Gasteiger partial charge in [-0.25, -0.2) is 4.48 Å². The molecule has 1 aliphatic rings. The molecule has 0 saturated heterocycles. The molecule has 1 heterocycles. The van der Waals surface area contributed by atoms with Crippen LogP contribution in [0.1, 0.15) is 52.5 Å². The van der Waals surface area contributed by atoms with E-state index >= 15 is 0 Å². The minimum Gasteiger partial charge on any atom is -0.285 e. The fraction of sp³-hybridized carbons (Fsp3) is 0.357. The van der Waals surface area contributed by atoms with Gasteiger partial charge in [0, 0.05) is 12.0 Å². The lowest BCUT2D eigenvalue weighted by Crippen LogP contribution is -2.58. The number of rotatable bonds is 6. The highest BCUT2D eigenvalue weighted by Gasteiger charge is 2.54. The summed E-state index contributed by atoms with van der Waals surface area (Å²) in [5, 5.41) is 0. The number of quaternary nitrogens is 1. The van der Waals surface area contributed by atoms with Crippen LogP contribution in [0, 0.1) is 5.92 Å². The van der Waals surface area contributed by atoms with Crippen molar-refractivity contribution >= 4 is 22.7 Å². The van der Waals surface area contributed by atoms with Crippen molar-refractivity contribution in [2.75, 3.05) is 11.4 Å². The van der Waals surface area contributed by atoms with Crippen LogP contribution in [0.15, 0.2) is 78.9 Å². The summed E-state index contributed by atoms with van der Waals surface area (Å²) in [4.78, 5) is 2.65. The molecule has 0 aromatic heterocycles. The normalized spacial score (nSPS) is 20.8. The Balaban J connectivity index is 2.05. The first kappa shape index (κ1) is 20.7. The van der Waals surface area contributed by atoms with E-state index in [-0.39, 0.29) is 0 Å². The Morgan fingerprint density at radius 3 is 2.00 bits per heavy atom. The summed E-state index contributed by atoms with van der Waals surface area (Å²) in [5.41, 5.74) is 6.92. The predicted octanol–water partition coefficient (Wildman–Crippen LogP) is 7.99. The van der Waals surface area contributed by atoms with Gasteiger partial charge in [0.2, 0.25) is 0 Å². The fourth-order valence-electron chi connectivity index (χ4n) is 5.48. The SMILES string of the molecule is CCC[N+]1(c2ccccc2)c2ccccc2N(c2ccccc2C(C)C)C1C(C)C. The van der Waals surface area contributed by atoms with Crippen LogP contribution < -0.4 is 9.38 Å². The van der Waals surface area contributed by atoms with Crippen molar-refractivity contribution in [2.24, 2.45) is 5.92 Å². The lowest BCUT2D eigenvalue weighted by atomic mass is 9.98. The van der Waals surface area contributed by atoms with E-state index in [0.29, 0.717) is 18.0 Å². The molecule has 0 saturated carbocycles. The van der Waals surface area contributed by atoms with Crippen LogP contribution in [-0.2, 0) is 0 Å². The van der Waals surface area contributed by atoms with Gasteiger partial charge in [-0.3, -0.25) is 4.90 Å². The third-order valence-corrected chi connectivity index (χ3v) is 6.50. The van der Waals surface area contributed by atoms with Crippen LogP contribution in [0.4, 0.5) is 22.7 Å². The Morgan fingerprint density at radius 1 is 0.767 bits per heavy atom. The quantitative estimate of drug-likeness (QED) is 0.380. The van der Waals surface area contributed by atoms with Gasteiger partial charge in [-0.15, -0.1) is 0 Å². The largest absolute Gasteiger partial charge is 0.285 e. The lowest BCUT2D eigenvalue weighted by Gasteiger charge is -2.43. The molecule has 3 aromatic carbocycles. The Labute approximate surface area is 182 Å². The number of para-hydroxylation sites is 4. The van der Waals surface area contributed by atoms with E-state index in [2.05, 4.69) is 118 Å². The highest BCUT2D eigenvalue weighted by atomic mass is 15.5. The van der Waals surface area contributed by atoms with E-state index in [9.17, 15) is 0 Å². The molecule has 0 spiro atoms. The van der Waals surface area contributed by atoms with Crippen LogP contribution in [0.25, 0.3) is 0 Å². The van der Waals surface area contributed by atoms with Gasteiger partial charge in [0.05, 0.1) is 12.2 Å². The molecule has 3 aromatic rings. The monoisotopic (exact) mass is 399 g/mol. The van der Waals surface area contributed by atoms with E-state index in [1.807, 2.05) is 0 Å². The van der Waals surface area contributed by atoms with Gasteiger partial charge >= 0.3 is 0 Å². The summed E-state index contributed by atoms with van der Waals surface area (Å²) in [7, 11) is 0. The molecular weight excluding hydrogens is 364 g/mol. The van der Waals surface area contributed by atoms with Crippen LogP contribution >= 0.6 is 0 Å². The van der Waals surface area contributed by atoms with Crippen LogP contribution in [-0.4, -0.2) is 12.7 Å². The highest BCUT2D eigenvalue weighted by molar-refractivity contribution is 5.86. The van der Waals surface area contributed by atoms with Gasteiger partial charge in [0.1, 0.15) is 11.4 Å². The Bertz CT molecular complexity index is 992. The second-order valence-electron chi connectivity index (χ2n) is 9.16. The summed E-state index contributed by atoms with van der Waals surface area (Å²) in [5.74, 6) is 0.955. The summed E-state index contributed by atoms with van der Waals surface area (Å²) in [6.45, 7) is 12.8. The molecule has 0 bridgehead atoms. The first-order valence-electron chi connectivity index (χ1n) is 11.4. The van der Waals surface area contributed by atoms with Crippen molar-refractivity contribution < 1.29 is 0 Å². The van der Waals surface area contributed by atoms with E-state index in [1.165, 1.54) is 28.3 Å². The smallest absolute Gasteiger partial charge is 0.181 e. The van der Waals surface area contributed by atoms with E-state index in [0.717, 1.165) is 17.4 Å². The minimum atomic E-state index is 0.310. The van der Waals surface area contributed by atoms with E-state index in [4.69, 9.17) is 0 Å². The number of hydrogen-bond acceptors (Lipinski definition) is 1. The number of anilines is 2. The summed E-state index contributed by atoms with van der Waals surface area (Å²) < 4.78 is 0.887. The molecule has 0 aliphatic carbocycles. The maximum Gasteiger partial charge on any atom is 0.181 e. The maximum absolute atomic E-state index is 2.65. The van der Waals surface area contributed by atoms with Crippen molar-refractivity contribution in [3.63, 3.8) is 0 Å². The van der Waals surface area contributed by atoms with Gasteiger partial charge in [0.25, 0.3) is 0 Å². The molecule has 0 fully saturated rings. The van der Waals surface area contributed by atoms with Gasteiger partial charge in [-0.1, -0.05) is 83.1 Å². The fourth-order valence-corrected chi connectivity index (χ4v) is 5.48. The average molecular weight is 400 g/mol. The second kappa shape index (κ2) is 8.28. The molecular formula is C28H35N2+. The molecule has 156 valence electrons. The molecule has 2 unspecified atom stereocenters. The molecule has 2 atom stereocenters. The maximum atomic E-state index is 2.65. The second-order valence-corrected chi connectivity index (χ2v) is 9.16. The molecule has 30 heavy (non-hydrogen) atoms. The Morgan fingerprint density at radius 2 is 1.37 bits per heavy atom. The predicted molar refractivity (Wildman–Crippen MR) is 131 cm³/mol. The number of nitrogens with zero attached hydrogens (tertiary/aromatic N) is 2. The zero-order chi connectivity index (χ0) is 21.3. The zero-order valence-electron chi connectivity index (χ0n) is 19.0. The summed E-state index contributed by atoms with van der Waals surface area (Å²) in [6.07, 6.45) is 1.44. The van der Waals surface area contributed by atoms with E-state index in [1.54, 1.807) is 0 Å². The topological polar surface area (TPSA) is 3.24 Å². The lowest BCUT2D eigenvalue weighted by molar-refractivity contribution is 0.251. The Kier molecular flexibility index (Phi) is 5.71.